The zero-order valence-corrected chi connectivity index (χ0v) is 18.0. The van der Waals surface area contributed by atoms with E-state index in [1.807, 2.05) is 0 Å². The first-order chi connectivity index (χ1) is 16.6. The Labute approximate surface area is 195 Å². The van der Waals surface area contributed by atoms with E-state index in [1.54, 1.807) is 0 Å². The van der Waals surface area contributed by atoms with Crippen molar-refractivity contribution in [3.63, 3.8) is 0 Å². The van der Waals surface area contributed by atoms with Crippen LogP contribution in [-0.2, 0) is 14.3 Å². The fourth-order valence-electron chi connectivity index (χ4n) is 4.60. The zero-order chi connectivity index (χ0) is 25.1. The Kier molecular flexibility index (Phi) is 5.13. The number of hydrogen-bond donors (Lipinski definition) is 1. The molecule has 0 spiro atoms. The highest BCUT2D eigenvalue weighted by Crippen LogP contribution is 2.55. The number of esters is 1. The van der Waals surface area contributed by atoms with E-state index >= 15 is 0 Å². The number of ketones is 2. The summed E-state index contributed by atoms with van der Waals surface area (Å²) >= 11 is 0. The van der Waals surface area contributed by atoms with E-state index in [9.17, 15) is 32.7 Å². The summed E-state index contributed by atoms with van der Waals surface area (Å²) in [6.45, 7) is 0.928. The average molecular weight is 490 g/mol. The molecule has 3 aliphatic rings. The predicted molar refractivity (Wildman–Crippen MR) is 110 cm³/mol. The second-order valence-corrected chi connectivity index (χ2v) is 8.06. The number of halogens is 3. The standard InChI is InChI=1S/C24H17F3O8/c1-2-32-22(30)18-16(11-7-8-14-15(9-11)34-10-33-14)17-19(28)12-5-3-4-6-13(12)20(29)21(17)35-23(18,31)24(25,26)27/h3-9,16,18,31H,2,10H2,1H3/t16-,18-,23+/m0/s1. The minimum absolute atomic E-state index is 0.00805. The molecule has 2 aromatic rings. The van der Waals surface area contributed by atoms with Crippen LogP contribution in [0, 0.1) is 5.92 Å². The van der Waals surface area contributed by atoms with Gasteiger partial charge in [0.2, 0.25) is 12.6 Å². The van der Waals surface area contributed by atoms with Gasteiger partial charge in [0.25, 0.3) is 0 Å². The van der Waals surface area contributed by atoms with Gasteiger partial charge in [0.15, 0.2) is 23.0 Å². The molecule has 0 aromatic heterocycles. The van der Waals surface area contributed by atoms with Crippen LogP contribution in [0.15, 0.2) is 53.8 Å². The lowest BCUT2D eigenvalue weighted by Crippen LogP contribution is -2.61. The van der Waals surface area contributed by atoms with Crippen LogP contribution in [0.3, 0.4) is 0 Å². The van der Waals surface area contributed by atoms with Crippen LogP contribution in [0.4, 0.5) is 13.2 Å². The molecule has 2 aliphatic heterocycles. The van der Waals surface area contributed by atoms with Crippen molar-refractivity contribution in [3.05, 3.63) is 70.5 Å². The maximum atomic E-state index is 14.3. The van der Waals surface area contributed by atoms with Gasteiger partial charge in [0, 0.05) is 17.0 Å². The summed E-state index contributed by atoms with van der Waals surface area (Å²) < 4.78 is 63.3. The van der Waals surface area contributed by atoms with Gasteiger partial charge in [-0.1, -0.05) is 30.3 Å². The van der Waals surface area contributed by atoms with Gasteiger partial charge in [-0.25, -0.2) is 0 Å². The molecule has 3 atom stereocenters. The van der Waals surface area contributed by atoms with Gasteiger partial charge >= 0.3 is 17.9 Å². The maximum Gasteiger partial charge on any atom is 0.456 e. The smallest absolute Gasteiger partial charge is 0.456 e. The third-order valence-corrected chi connectivity index (χ3v) is 6.14. The second-order valence-electron chi connectivity index (χ2n) is 8.06. The molecule has 2 heterocycles. The predicted octanol–water partition coefficient (Wildman–Crippen LogP) is 3.29. The van der Waals surface area contributed by atoms with Crippen molar-refractivity contribution in [1.29, 1.82) is 0 Å². The minimum atomic E-state index is -5.54. The van der Waals surface area contributed by atoms with E-state index in [1.165, 1.54) is 49.4 Å². The van der Waals surface area contributed by atoms with Crippen molar-refractivity contribution < 1.29 is 51.6 Å². The average Bonchev–Trinajstić information content (AvgIpc) is 3.29. The molecule has 0 saturated heterocycles. The summed E-state index contributed by atoms with van der Waals surface area (Å²) in [6.07, 6.45) is -5.54. The number of allylic oxidation sites excluding steroid dienone is 2. The van der Waals surface area contributed by atoms with Crippen LogP contribution in [0.25, 0.3) is 0 Å². The van der Waals surface area contributed by atoms with Crippen molar-refractivity contribution in [2.24, 2.45) is 5.92 Å². The highest BCUT2D eigenvalue weighted by molar-refractivity contribution is 6.27. The number of fused-ring (bicyclic) bond motifs is 2. The molecule has 0 radical (unpaired) electrons. The summed E-state index contributed by atoms with van der Waals surface area (Å²) in [7, 11) is 0. The Balaban J connectivity index is 1.81. The molecular weight excluding hydrogens is 473 g/mol. The summed E-state index contributed by atoms with van der Waals surface area (Å²) in [5.41, 5.74) is -0.740. The van der Waals surface area contributed by atoms with Gasteiger partial charge in [-0.2, -0.15) is 13.2 Å². The quantitative estimate of drug-likeness (QED) is 0.654. The molecule has 182 valence electrons. The van der Waals surface area contributed by atoms with E-state index in [0.717, 1.165) is 0 Å². The van der Waals surface area contributed by atoms with Gasteiger partial charge in [0.05, 0.1) is 12.2 Å². The minimum Gasteiger partial charge on any atom is -0.466 e. The van der Waals surface area contributed by atoms with Crippen molar-refractivity contribution >= 4 is 17.5 Å². The molecule has 0 amide bonds. The van der Waals surface area contributed by atoms with Crippen LogP contribution >= 0.6 is 0 Å². The third kappa shape index (κ3) is 3.29. The van der Waals surface area contributed by atoms with E-state index < -0.39 is 52.7 Å². The molecule has 2 aromatic carbocycles. The molecule has 0 saturated carbocycles. The number of aliphatic hydroxyl groups is 1. The van der Waals surface area contributed by atoms with E-state index in [-0.39, 0.29) is 35.8 Å². The third-order valence-electron chi connectivity index (χ3n) is 6.14. The van der Waals surface area contributed by atoms with Gasteiger partial charge in [-0.15, -0.1) is 0 Å². The number of alkyl halides is 3. The topological polar surface area (TPSA) is 108 Å². The van der Waals surface area contributed by atoms with Crippen LogP contribution in [0.2, 0.25) is 0 Å². The van der Waals surface area contributed by atoms with Crippen LogP contribution < -0.4 is 9.47 Å². The van der Waals surface area contributed by atoms with E-state index in [0.29, 0.717) is 5.75 Å². The zero-order valence-electron chi connectivity index (χ0n) is 18.0. The molecule has 35 heavy (non-hydrogen) atoms. The summed E-state index contributed by atoms with van der Waals surface area (Å²) in [5, 5.41) is 10.9. The van der Waals surface area contributed by atoms with E-state index in [4.69, 9.17) is 18.9 Å². The van der Waals surface area contributed by atoms with Gasteiger partial charge in [0.1, 0.15) is 5.92 Å². The number of benzene rings is 2. The number of ether oxygens (including phenoxy) is 4. The first-order valence-corrected chi connectivity index (χ1v) is 10.6. The highest BCUT2D eigenvalue weighted by Gasteiger charge is 2.70. The molecule has 0 bridgehead atoms. The molecule has 11 heteroatoms. The Bertz CT molecular complexity index is 1300. The first-order valence-electron chi connectivity index (χ1n) is 10.6. The highest BCUT2D eigenvalue weighted by atomic mass is 19.4. The largest absolute Gasteiger partial charge is 0.466 e. The van der Waals surface area contributed by atoms with Crippen LogP contribution in [0.5, 0.6) is 11.5 Å². The van der Waals surface area contributed by atoms with Crippen molar-refractivity contribution in [1.82, 2.24) is 0 Å². The number of hydrogen-bond acceptors (Lipinski definition) is 8. The normalized spacial score (nSPS) is 25.1. The molecule has 5 rings (SSSR count). The Hall–Kier alpha value is -3.86. The Morgan fingerprint density at radius 3 is 2.40 bits per heavy atom. The monoisotopic (exact) mass is 490 g/mol. The van der Waals surface area contributed by atoms with Gasteiger partial charge in [-0.3, -0.25) is 14.4 Å². The van der Waals surface area contributed by atoms with Gasteiger partial charge in [-0.05, 0) is 24.6 Å². The number of rotatable bonds is 3. The van der Waals surface area contributed by atoms with Crippen LogP contribution in [0.1, 0.15) is 39.1 Å². The molecule has 0 unspecified atom stereocenters. The molecule has 0 fully saturated rings. The summed E-state index contributed by atoms with van der Waals surface area (Å²) in [6, 6.07) is 9.56. The van der Waals surface area contributed by atoms with E-state index in [2.05, 4.69) is 0 Å². The van der Waals surface area contributed by atoms with Gasteiger partial charge < -0.3 is 24.1 Å². The number of carbonyl (C=O) groups excluding carboxylic acids is 3. The van der Waals surface area contributed by atoms with Crippen LogP contribution in [-0.4, -0.2) is 48.0 Å². The van der Waals surface area contributed by atoms with Crippen molar-refractivity contribution in [3.8, 4) is 11.5 Å². The lowest BCUT2D eigenvalue weighted by atomic mass is 9.69. The first kappa shape index (κ1) is 22.9. The number of Topliss-reactive ketones (excluding diaryl/α,β-unsaturated/α-hetero) is 2. The lowest BCUT2D eigenvalue weighted by Gasteiger charge is -2.45. The number of carbonyl (C=O) groups is 3. The molecule has 8 nitrogen and oxygen atoms in total. The summed E-state index contributed by atoms with van der Waals surface area (Å²) in [5.74, 6) is -12.2. The molecule has 1 aliphatic carbocycles. The van der Waals surface area contributed by atoms with Crippen molar-refractivity contribution in [2.75, 3.05) is 13.4 Å². The maximum absolute atomic E-state index is 14.3. The Morgan fingerprint density at radius 2 is 1.74 bits per heavy atom. The lowest BCUT2D eigenvalue weighted by molar-refractivity contribution is -0.375. The molecular formula is C24H17F3O8. The fourth-order valence-corrected chi connectivity index (χ4v) is 4.60. The SMILES string of the molecule is CCOC(=O)[C@@H]1[C@@H](c2ccc3c(c2)OCO3)C2=C(O[C@@]1(O)C(F)(F)F)C(=O)c1ccccc1C2=O. The molecule has 1 N–H and O–H groups in total. The fraction of sp³-hybridized carbons (Fsp3) is 0.292. The Morgan fingerprint density at radius 1 is 1.09 bits per heavy atom. The second kappa shape index (κ2) is 7.84. The van der Waals surface area contributed by atoms with Crippen molar-refractivity contribution in [2.45, 2.75) is 24.8 Å². The summed E-state index contributed by atoms with van der Waals surface area (Å²) in [4.78, 5) is 39.7.